The number of carbonyl (C=O) groups excluding carboxylic acids is 1. The molecule has 0 saturated carbocycles. The van der Waals surface area contributed by atoms with Gasteiger partial charge in [0.25, 0.3) is 5.91 Å². The summed E-state index contributed by atoms with van der Waals surface area (Å²) in [4.78, 5) is 17.5. The number of nitrogens with one attached hydrogen (secondary N) is 1. The number of likely N-dealkylation sites (N-methyl/N-ethyl adjacent to an activating group) is 1. The molecule has 0 aromatic carbocycles. The number of carbonyl (C=O) groups is 1. The summed E-state index contributed by atoms with van der Waals surface area (Å²) in [5.74, 6) is 0.935. The van der Waals surface area contributed by atoms with Gasteiger partial charge < -0.3 is 14.8 Å². The highest BCUT2D eigenvalue weighted by atomic mass is 16.7. The van der Waals surface area contributed by atoms with Crippen molar-refractivity contribution in [2.75, 3.05) is 20.4 Å². The van der Waals surface area contributed by atoms with Crippen molar-refractivity contribution in [1.29, 1.82) is 0 Å². The topological polar surface area (TPSA) is 63.2 Å². The molecule has 0 radical (unpaired) electrons. The molecule has 0 atom stereocenters. The zero-order valence-electron chi connectivity index (χ0n) is 9.90. The first-order chi connectivity index (χ1) is 8.22. The minimum atomic E-state index is -0.153. The van der Waals surface area contributed by atoms with Crippen molar-refractivity contribution in [3.63, 3.8) is 0 Å². The van der Waals surface area contributed by atoms with Gasteiger partial charge in [-0.25, -0.2) is 4.99 Å². The molecule has 0 spiro atoms. The summed E-state index contributed by atoms with van der Waals surface area (Å²) in [6.45, 7) is 3.02. The third kappa shape index (κ3) is 2.41. The average Bonchev–Trinajstić information content (AvgIpc) is 2.91. The van der Waals surface area contributed by atoms with E-state index in [4.69, 9.17) is 9.47 Å². The fraction of sp³-hybridized carbons (Fsp3) is 0.455. The smallest absolute Gasteiger partial charge is 0.279 e. The first-order valence-corrected chi connectivity index (χ1v) is 5.49. The van der Waals surface area contributed by atoms with Crippen molar-refractivity contribution in [3.8, 4) is 0 Å². The van der Waals surface area contributed by atoms with Gasteiger partial charge in [0.05, 0.1) is 0 Å². The Labute approximate surface area is 99.6 Å². The van der Waals surface area contributed by atoms with Gasteiger partial charge in [-0.1, -0.05) is 6.92 Å². The quantitative estimate of drug-likeness (QED) is 0.728. The summed E-state index contributed by atoms with van der Waals surface area (Å²) in [5, 5.41) is 3.09. The van der Waals surface area contributed by atoms with Gasteiger partial charge in [0.1, 0.15) is 12.0 Å². The fourth-order valence-corrected chi connectivity index (χ4v) is 1.46. The molecular weight excluding hydrogens is 222 g/mol. The van der Waals surface area contributed by atoms with Crippen molar-refractivity contribution >= 4 is 11.9 Å². The second-order valence-electron chi connectivity index (χ2n) is 3.71. The molecule has 0 aliphatic carbocycles. The van der Waals surface area contributed by atoms with Crippen LogP contribution in [0.15, 0.2) is 28.8 Å². The van der Waals surface area contributed by atoms with Crippen molar-refractivity contribution in [2.24, 2.45) is 4.99 Å². The lowest BCUT2D eigenvalue weighted by atomic mass is 10.3. The van der Waals surface area contributed by atoms with Crippen molar-refractivity contribution in [1.82, 2.24) is 10.2 Å². The number of nitrogens with zero attached hydrogens (tertiary/aromatic N) is 2. The zero-order chi connectivity index (χ0) is 12.3. The van der Waals surface area contributed by atoms with E-state index in [9.17, 15) is 4.79 Å². The van der Waals surface area contributed by atoms with Crippen LogP contribution in [0.25, 0.3) is 0 Å². The highest BCUT2D eigenvalue weighted by Gasteiger charge is 2.27. The molecule has 92 valence electrons. The molecule has 17 heavy (non-hydrogen) atoms. The van der Waals surface area contributed by atoms with Gasteiger partial charge in [-0.15, -0.1) is 0 Å². The van der Waals surface area contributed by atoms with Crippen LogP contribution in [0.2, 0.25) is 0 Å². The molecule has 2 heterocycles. The van der Waals surface area contributed by atoms with Gasteiger partial charge >= 0.3 is 0 Å². The number of guanidine groups is 1. The molecule has 6 nitrogen and oxygen atoms in total. The van der Waals surface area contributed by atoms with Gasteiger partial charge in [-0.2, -0.15) is 0 Å². The molecule has 1 amide bonds. The number of aliphatic imine (C=N–C) groups is 1. The Balaban J connectivity index is 2.12. The Hall–Kier alpha value is -1.98. The SMILES string of the molecule is CCCNC1=NC(=CC2=COCO2)C(=O)N1C. The molecule has 0 saturated heterocycles. The zero-order valence-corrected chi connectivity index (χ0v) is 9.90. The lowest BCUT2D eigenvalue weighted by Crippen LogP contribution is -2.38. The highest BCUT2D eigenvalue weighted by molar-refractivity contribution is 6.11. The van der Waals surface area contributed by atoms with E-state index in [1.807, 2.05) is 0 Å². The molecule has 2 rings (SSSR count). The molecule has 6 heteroatoms. The van der Waals surface area contributed by atoms with E-state index in [1.54, 1.807) is 13.1 Å². The van der Waals surface area contributed by atoms with Gasteiger partial charge in [-0.3, -0.25) is 9.69 Å². The van der Waals surface area contributed by atoms with E-state index >= 15 is 0 Å². The van der Waals surface area contributed by atoms with E-state index in [0.29, 0.717) is 17.4 Å². The van der Waals surface area contributed by atoms with Gasteiger partial charge in [0.15, 0.2) is 5.76 Å². The maximum atomic E-state index is 11.8. The Morgan fingerprint density at radius 3 is 3.12 bits per heavy atom. The van der Waals surface area contributed by atoms with E-state index < -0.39 is 0 Å². The third-order valence-electron chi connectivity index (χ3n) is 2.37. The van der Waals surface area contributed by atoms with E-state index in [0.717, 1.165) is 13.0 Å². The van der Waals surface area contributed by atoms with Crippen molar-refractivity contribution < 1.29 is 14.3 Å². The van der Waals surface area contributed by atoms with Crippen LogP contribution in [0.3, 0.4) is 0 Å². The summed E-state index contributed by atoms with van der Waals surface area (Å²) in [6.07, 6.45) is 4.02. The molecule has 0 aromatic heterocycles. The number of hydrogen-bond acceptors (Lipinski definition) is 5. The average molecular weight is 237 g/mol. The van der Waals surface area contributed by atoms with Crippen molar-refractivity contribution in [3.05, 3.63) is 23.8 Å². The summed E-state index contributed by atoms with van der Waals surface area (Å²) < 4.78 is 10.0. The predicted octanol–water partition coefficient (Wildman–Crippen LogP) is 0.544. The molecule has 0 unspecified atom stereocenters. The van der Waals surface area contributed by atoms with E-state index in [-0.39, 0.29) is 12.7 Å². The summed E-state index contributed by atoms with van der Waals surface area (Å²) in [7, 11) is 1.69. The van der Waals surface area contributed by atoms with E-state index in [2.05, 4.69) is 17.2 Å². The first-order valence-electron chi connectivity index (χ1n) is 5.49. The lowest BCUT2D eigenvalue weighted by Gasteiger charge is -2.12. The normalized spacial score (nSPS) is 21.2. The van der Waals surface area contributed by atoms with Crippen molar-refractivity contribution in [2.45, 2.75) is 13.3 Å². The van der Waals surface area contributed by atoms with Crippen LogP contribution in [0.5, 0.6) is 0 Å². The maximum Gasteiger partial charge on any atom is 0.279 e. The van der Waals surface area contributed by atoms with Gasteiger partial charge in [0.2, 0.25) is 12.8 Å². The predicted molar refractivity (Wildman–Crippen MR) is 61.7 cm³/mol. The molecule has 0 bridgehead atoms. The number of ether oxygens (including phenoxy) is 2. The molecule has 2 aliphatic rings. The molecule has 0 fully saturated rings. The fourth-order valence-electron chi connectivity index (χ4n) is 1.46. The lowest BCUT2D eigenvalue weighted by molar-refractivity contribution is -0.121. The van der Waals surface area contributed by atoms with E-state index in [1.165, 1.54) is 11.2 Å². The first kappa shape index (κ1) is 11.5. The van der Waals surface area contributed by atoms with Gasteiger partial charge in [-0.05, 0) is 6.42 Å². The minimum absolute atomic E-state index is 0.153. The number of allylic oxidation sites excluding steroid dienone is 1. The second kappa shape index (κ2) is 4.90. The second-order valence-corrected chi connectivity index (χ2v) is 3.71. The van der Waals surface area contributed by atoms with Crippen LogP contribution in [0, 0.1) is 0 Å². The van der Waals surface area contributed by atoms with Crippen LogP contribution < -0.4 is 5.32 Å². The highest BCUT2D eigenvalue weighted by Crippen LogP contribution is 2.17. The van der Waals surface area contributed by atoms with Crippen LogP contribution in [0.1, 0.15) is 13.3 Å². The van der Waals surface area contributed by atoms with Crippen LogP contribution >= 0.6 is 0 Å². The Kier molecular flexibility index (Phi) is 3.32. The largest absolute Gasteiger partial charge is 0.461 e. The Morgan fingerprint density at radius 2 is 2.47 bits per heavy atom. The molecule has 0 aromatic rings. The number of amides is 1. The standard InChI is InChI=1S/C11H15N3O3/c1-3-4-12-11-13-9(10(15)14(11)2)5-8-6-16-7-17-8/h5-6H,3-4,7H2,1-2H3,(H,12,13). The molecular formula is C11H15N3O3. The summed E-state index contributed by atoms with van der Waals surface area (Å²) >= 11 is 0. The van der Waals surface area contributed by atoms with Gasteiger partial charge in [0, 0.05) is 19.7 Å². The van der Waals surface area contributed by atoms with Crippen LogP contribution in [-0.4, -0.2) is 37.2 Å². The molecule has 1 N–H and O–H groups in total. The number of hydrogen-bond donors (Lipinski definition) is 1. The number of rotatable bonds is 3. The maximum absolute atomic E-state index is 11.8. The van der Waals surface area contributed by atoms with Crippen LogP contribution in [0.4, 0.5) is 0 Å². The van der Waals surface area contributed by atoms with Crippen LogP contribution in [-0.2, 0) is 14.3 Å². The Morgan fingerprint density at radius 1 is 1.65 bits per heavy atom. The molecule has 2 aliphatic heterocycles. The summed E-state index contributed by atoms with van der Waals surface area (Å²) in [6, 6.07) is 0. The monoisotopic (exact) mass is 237 g/mol. The third-order valence-corrected chi connectivity index (χ3v) is 2.37. The minimum Gasteiger partial charge on any atom is -0.461 e. The Bertz CT molecular complexity index is 412. The summed E-state index contributed by atoms with van der Waals surface area (Å²) in [5.41, 5.74) is 0.350.